The second-order valence-corrected chi connectivity index (χ2v) is 4.64. The van der Waals surface area contributed by atoms with Crippen molar-refractivity contribution < 1.29 is 14.0 Å². The van der Waals surface area contributed by atoms with Crippen LogP contribution in [0.5, 0.6) is 0 Å². The summed E-state index contributed by atoms with van der Waals surface area (Å²) in [6, 6.07) is 3.39. The van der Waals surface area contributed by atoms with Gasteiger partial charge >= 0.3 is 0 Å². The molecule has 6 nitrogen and oxygen atoms in total. The van der Waals surface area contributed by atoms with E-state index in [2.05, 4.69) is 10.6 Å². The predicted molar refractivity (Wildman–Crippen MR) is 80.2 cm³/mol. The number of likely N-dealkylation sites (N-methyl/N-ethyl adjacent to an activating group) is 2. The van der Waals surface area contributed by atoms with Crippen LogP contribution in [0.2, 0.25) is 0 Å². The maximum absolute atomic E-state index is 13.6. The van der Waals surface area contributed by atoms with Crippen LogP contribution in [0.15, 0.2) is 18.2 Å². The molecule has 0 radical (unpaired) electrons. The summed E-state index contributed by atoms with van der Waals surface area (Å²) >= 11 is 0. The Hall–Kier alpha value is -2.15. The van der Waals surface area contributed by atoms with Gasteiger partial charge in [0.1, 0.15) is 5.82 Å². The maximum atomic E-state index is 13.6. The van der Waals surface area contributed by atoms with Crippen molar-refractivity contribution in [3.63, 3.8) is 0 Å². The van der Waals surface area contributed by atoms with Crippen LogP contribution in [0.4, 0.5) is 15.8 Å². The van der Waals surface area contributed by atoms with Crippen molar-refractivity contribution in [1.82, 2.24) is 10.2 Å². The first-order valence-corrected chi connectivity index (χ1v) is 6.69. The lowest BCUT2D eigenvalue weighted by Gasteiger charge is -2.26. The summed E-state index contributed by atoms with van der Waals surface area (Å²) in [7, 11) is 1.53. The van der Waals surface area contributed by atoms with E-state index < -0.39 is 17.8 Å². The molecule has 21 heavy (non-hydrogen) atoms. The molecular formula is C14H21FN4O2. The monoisotopic (exact) mass is 296 g/mol. The molecule has 1 unspecified atom stereocenters. The molecule has 1 atom stereocenters. The SMILES string of the molecule is CCN(CC(=O)NC)C(C)C(=O)Nc1cc(N)ccc1F. The minimum atomic E-state index is -0.576. The van der Waals surface area contributed by atoms with E-state index in [0.717, 1.165) is 0 Å². The number of carbonyl (C=O) groups is 2. The molecule has 7 heteroatoms. The van der Waals surface area contributed by atoms with E-state index in [1.54, 1.807) is 11.8 Å². The molecule has 0 saturated carbocycles. The van der Waals surface area contributed by atoms with E-state index in [0.29, 0.717) is 12.2 Å². The Kier molecular flexibility index (Phi) is 6.10. The highest BCUT2D eigenvalue weighted by Crippen LogP contribution is 2.18. The Balaban J connectivity index is 2.77. The Labute approximate surface area is 123 Å². The van der Waals surface area contributed by atoms with Crippen LogP contribution in [-0.4, -0.2) is 42.9 Å². The summed E-state index contributed by atoms with van der Waals surface area (Å²) in [5.74, 6) is -1.14. The molecule has 1 aromatic rings. The number of hydrogen-bond donors (Lipinski definition) is 3. The predicted octanol–water partition coefficient (Wildman–Crippen LogP) is 0.803. The second-order valence-electron chi connectivity index (χ2n) is 4.64. The summed E-state index contributed by atoms with van der Waals surface area (Å²) in [6.45, 7) is 4.11. The van der Waals surface area contributed by atoms with Crippen molar-refractivity contribution in [3.8, 4) is 0 Å². The standard InChI is InChI=1S/C14H21FN4O2/c1-4-19(8-13(20)17-3)9(2)14(21)18-12-7-10(16)5-6-11(12)15/h5-7,9H,4,8,16H2,1-3H3,(H,17,20)(H,18,21). The number of rotatable bonds is 6. The Morgan fingerprint density at radius 3 is 2.67 bits per heavy atom. The van der Waals surface area contributed by atoms with E-state index >= 15 is 0 Å². The van der Waals surface area contributed by atoms with Crippen LogP contribution in [0.25, 0.3) is 0 Å². The molecule has 0 aliphatic rings. The van der Waals surface area contributed by atoms with E-state index in [9.17, 15) is 14.0 Å². The van der Waals surface area contributed by atoms with Gasteiger partial charge in [0.2, 0.25) is 11.8 Å². The van der Waals surface area contributed by atoms with Gasteiger partial charge in [-0.1, -0.05) is 6.92 Å². The van der Waals surface area contributed by atoms with Crippen molar-refractivity contribution in [2.75, 3.05) is 31.2 Å². The lowest BCUT2D eigenvalue weighted by molar-refractivity contribution is -0.125. The molecule has 0 aliphatic heterocycles. The molecular weight excluding hydrogens is 275 g/mol. The summed E-state index contributed by atoms with van der Waals surface area (Å²) in [5.41, 5.74) is 5.96. The third-order valence-electron chi connectivity index (χ3n) is 3.21. The molecule has 2 amide bonds. The van der Waals surface area contributed by atoms with Gasteiger partial charge in [0.15, 0.2) is 0 Å². The minimum Gasteiger partial charge on any atom is -0.399 e. The highest BCUT2D eigenvalue weighted by molar-refractivity contribution is 5.95. The van der Waals surface area contributed by atoms with Gasteiger partial charge in [0.05, 0.1) is 18.3 Å². The first-order chi connectivity index (χ1) is 9.88. The summed E-state index contributed by atoms with van der Waals surface area (Å²) < 4.78 is 13.6. The van der Waals surface area contributed by atoms with Crippen LogP contribution in [-0.2, 0) is 9.59 Å². The zero-order valence-corrected chi connectivity index (χ0v) is 12.4. The summed E-state index contributed by atoms with van der Waals surface area (Å²) in [5, 5.41) is 4.99. The van der Waals surface area contributed by atoms with Crippen LogP contribution in [0.3, 0.4) is 0 Å². The third-order valence-corrected chi connectivity index (χ3v) is 3.21. The van der Waals surface area contributed by atoms with Gasteiger partial charge < -0.3 is 16.4 Å². The number of hydrogen-bond acceptors (Lipinski definition) is 4. The molecule has 0 aliphatic carbocycles. The fourth-order valence-corrected chi connectivity index (χ4v) is 1.83. The van der Waals surface area contributed by atoms with Gasteiger partial charge in [-0.15, -0.1) is 0 Å². The van der Waals surface area contributed by atoms with Crippen LogP contribution in [0.1, 0.15) is 13.8 Å². The van der Waals surface area contributed by atoms with Crippen LogP contribution < -0.4 is 16.4 Å². The number of nitrogens with one attached hydrogen (secondary N) is 2. The normalized spacial score (nSPS) is 12.0. The van der Waals surface area contributed by atoms with Crippen molar-refractivity contribution in [2.24, 2.45) is 0 Å². The summed E-state index contributed by atoms with van der Waals surface area (Å²) in [4.78, 5) is 25.2. The zero-order chi connectivity index (χ0) is 16.0. The smallest absolute Gasteiger partial charge is 0.241 e. The molecule has 0 saturated heterocycles. The molecule has 1 rings (SSSR count). The number of benzene rings is 1. The lowest BCUT2D eigenvalue weighted by atomic mass is 10.2. The number of carbonyl (C=O) groups excluding carboxylic acids is 2. The van der Waals surface area contributed by atoms with Gasteiger partial charge in [0.25, 0.3) is 0 Å². The first-order valence-electron chi connectivity index (χ1n) is 6.69. The first kappa shape index (κ1) is 16.9. The van der Waals surface area contributed by atoms with E-state index in [4.69, 9.17) is 5.73 Å². The molecule has 1 aromatic carbocycles. The van der Waals surface area contributed by atoms with E-state index in [1.807, 2.05) is 6.92 Å². The fraction of sp³-hybridized carbons (Fsp3) is 0.429. The third kappa shape index (κ3) is 4.71. The van der Waals surface area contributed by atoms with Crippen molar-refractivity contribution in [2.45, 2.75) is 19.9 Å². The number of nitrogens with zero attached hydrogens (tertiary/aromatic N) is 1. The van der Waals surface area contributed by atoms with Gasteiger partial charge in [-0.25, -0.2) is 4.39 Å². The second kappa shape index (κ2) is 7.58. The van der Waals surface area contributed by atoms with Gasteiger partial charge in [0, 0.05) is 12.7 Å². The number of halogens is 1. The lowest BCUT2D eigenvalue weighted by Crippen LogP contribution is -2.46. The Bertz CT molecular complexity index is 522. The van der Waals surface area contributed by atoms with Crippen molar-refractivity contribution in [1.29, 1.82) is 0 Å². The van der Waals surface area contributed by atoms with E-state index in [1.165, 1.54) is 25.2 Å². The van der Waals surface area contributed by atoms with Gasteiger partial charge in [-0.3, -0.25) is 14.5 Å². The molecule has 0 bridgehead atoms. The van der Waals surface area contributed by atoms with Gasteiger partial charge in [-0.05, 0) is 31.7 Å². The number of nitrogens with two attached hydrogens (primary N) is 1. The number of nitrogen functional groups attached to an aromatic ring is 1. The molecule has 0 spiro atoms. The highest BCUT2D eigenvalue weighted by Gasteiger charge is 2.22. The number of anilines is 2. The van der Waals surface area contributed by atoms with Crippen LogP contribution in [0, 0.1) is 5.82 Å². The number of amides is 2. The quantitative estimate of drug-likeness (QED) is 0.678. The Morgan fingerprint density at radius 1 is 1.43 bits per heavy atom. The molecule has 4 N–H and O–H groups in total. The zero-order valence-electron chi connectivity index (χ0n) is 12.4. The molecule has 0 fully saturated rings. The summed E-state index contributed by atoms with van der Waals surface area (Å²) in [6.07, 6.45) is 0. The van der Waals surface area contributed by atoms with Gasteiger partial charge in [-0.2, -0.15) is 0 Å². The highest BCUT2D eigenvalue weighted by atomic mass is 19.1. The maximum Gasteiger partial charge on any atom is 0.241 e. The largest absolute Gasteiger partial charge is 0.399 e. The van der Waals surface area contributed by atoms with Crippen molar-refractivity contribution >= 4 is 23.2 Å². The average molecular weight is 296 g/mol. The molecule has 116 valence electrons. The van der Waals surface area contributed by atoms with Crippen LogP contribution >= 0.6 is 0 Å². The molecule has 0 aromatic heterocycles. The van der Waals surface area contributed by atoms with E-state index in [-0.39, 0.29) is 18.1 Å². The Morgan fingerprint density at radius 2 is 2.10 bits per heavy atom. The average Bonchev–Trinajstić information content (AvgIpc) is 2.47. The minimum absolute atomic E-state index is 0.0304. The molecule has 0 heterocycles. The van der Waals surface area contributed by atoms with Crippen molar-refractivity contribution in [3.05, 3.63) is 24.0 Å². The fourth-order valence-electron chi connectivity index (χ4n) is 1.83. The topological polar surface area (TPSA) is 87.5 Å².